The summed E-state index contributed by atoms with van der Waals surface area (Å²) in [5.41, 5.74) is 1.75. The number of ether oxygens (including phenoxy) is 3. The van der Waals surface area contributed by atoms with E-state index in [1.165, 1.54) is 93.9 Å². The highest BCUT2D eigenvalue weighted by Crippen LogP contribution is 2.25. The first-order chi connectivity index (χ1) is 19.1. The molecule has 1 aromatic carbocycles. The van der Waals surface area contributed by atoms with Gasteiger partial charge in [-0.3, -0.25) is 0 Å². The van der Waals surface area contributed by atoms with Crippen molar-refractivity contribution in [3.05, 3.63) is 46.5 Å². The number of carbonyl (C=O) groups excluding carboxylic acids is 1. The molecule has 1 aliphatic heterocycles. The molecule has 1 unspecified atom stereocenters. The van der Waals surface area contributed by atoms with E-state index in [0.717, 1.165) is 25.4 Å². The van der Waals surface area contributed by atoms with Gasteiger partial charge in [-0.05, 0) is 42.9 Å². The molecule has 0 radical (unpaired) electrons. The average molecular weight is 562 g/mol. The highest BCUT2D eigenvalue weighted by molar-refractivity contribution is 8.03. The Bertz CT molecular complexity index is 782. The second kappa shape index (κ2) is 22.2. The molecule has 6 heteroatoms. The van der Waals surface area contributed by atoms with Crippen LogP contribution in [0.15, 0.2) is 35.4 Å². The summed E-state index contributed by atoms with van der Waals surface area (Å²) >= 11 is 1.85. The zero-order chi connectivity index (χ0) is 28.0. The molecule has 2 rings (SSSR count). The predicted octanol–water partition coefficient (Wildman–Crippen LogP) is 9.11. The van der Waals surface area contributed by atoms with Crippen LogP contribution in [0.2, 0.25) is 0 Å². The fourth-order valence-corrected chi connectivity index (χ4v) is 5.59. The minimum Gasteiger partial charge on any atom is -0.459 e. The normalized spacial score (nSPS) is 14.0. The summed E-state index contributed by atoms with van der Waals surface area (Å²) in [4.78, 5) is 16.1. The van der Waals surface area contributed by atoms with Gasteiger partial charge in [0.15, 0.2) is 0 Å². The SMILES string of the molecule is CCCCCCCCCCCCCCCCOCC(COC(=O)c1ccc(CN2C=C(C)SC2)cc1)OCC. The minimum absolute atomic E-state index is 0.211. The lowest BCUT2D eigenvalue weighted by Gasteiger charge is -2.17. The third-order valence-corrected chi connectivity index (χ3v) is 8.17. The number of nitrogens with zero attached hydrogens (tertiary/aromatic N) is 1. The predicted molar refractivity (Wildman–Crippen MR) is 165 cm³/mol. The number of unbranched alkanes of at least 4 members (excludes halogenated alkanes) is 13. The van der Waals surface area contributed by atoms with Crippen LogP contribution in [0, 0.1) is 0 Å². The van der Waals surface area contributed by atoms with E-state index in [4.69, 9.17) is 14.2 Å². The molecular weight excluding hydrogens is 506 g/mol. The molecule has 1 aliphatic rings. The third kappa shape index (κ3) is 16.4. The Morgan fingerprint density at radius 2 is 1.44 bits per heavy atom. The van der Waals surface area contributed by atoms with Gasteiger partial charge in [-0.25, -0.2) is 4.79 Å². The number of hydrogen-bond donors (Lipinski definition) is 0. The summed E-state index contributed by atoms with van der Waals surface area (Å²) in [5, 5.41) is 0. The average Bonchev–Trinajstić information content (AvgIpc) is 3.35. The van der Waals surface area contributed by atoms with Crippen LogP contribution in [-0.2, 0) is 20.8 Å². The van der Waals surface area contributed by atoms with E-state index in [0.29, 0.717) is 18.8 Å². The lowest BCUT2D eigenvalue weighted by molar-refractivity contribution is -0.0465. The molecule has 0 bridgehead atoms. The summed E-state index contributed by atoms with van der Waals surface area (Å²) in [6.07, 6.45) is 20.9. The molecule has 0 N–H and O–H groups in total. The molecule has 0 spiro atoms. The number of rotatable bonds is 24. The van der Waals surface area contributed by atoms with E-state index in [1.54, 1.807) is 0 Å². The van der Waals surface area contributed by atoms with E-state index < -0.39 is 0 Å². The number of thioether (sulfide) groups is 1. The Labute approximate surface area is 243 Å². The third-order valence-electron chi connectivity index (χ3n) is 7.15. The van der Waals surface area contributed by atoms with Gasteiger partial charge < -0.3 is 19.1 Å². The van der Waals surface area contributed by atoms with E-state index >= 15 is 0 Å². The summed E-state index contributed by atoms with van der Waals surface area (Å²) in [6.45, 7) is 9.19. The number of hydrogen-bond acceptors (Lipinski definition) is 6. The maximum Gasteiger partial charge on any atom is 0.338 e. The van der Waals surface area contributed by atoms with Crippen molar-refractivity contribution >= 4 is 17.7 Å². The molecule has 0 fully saturated rings. The van der Waals surface area contributed by atoms with Crippen molar-refractivity contribution in [1.82, 2.24) is 4.90 Å². The first kappa shape index (κ1) is 33.7. The molecule has 0 saturated carbocycles. The lowest BCUT2D eigenvalue weighted by Crippen LogP contribution is -2.27. The molecule has 1 atom stereocenters. The maximum atomic E-state index is 12.5. The molecule has 222 valence electrons. The summed E-state index contributed by atoms with van der Waals surface area (Å²) in [6, 6.07) is 7.70. The topological polar surface area (TPSA) is 48.0 Å². The first-order valence-electron chi connectivity index (χ1n) is 15.6. The Kier molecular flexibility index (Phi) is 19.2. The van der Waals surface area contributed by atoms with Crippen LogP contribution in [-0.4, -0.2) is 49.3 Å². The van der Waals surface area contributed by atoms with Crippen LogP contribution >= 0.6 is 11.8 Å². The van der Waals surface area contributed by atoms with Crippen LogP contribution in [0.3, 0.4) is 0 Å². The van der Waals surface area contributed by atoms with Crippen LogP contribution in [0.5, 0.6) is 0 Å². The van der Waals surface area contributed by atoms with Gasteiger partial charge in [0.05, 0.1) is 18.0 Å². The van der Waals surface area contributed by atoms with Gasteiger partial charge in [0.25, 0.3) is 0 Å². The minimum atomic E-state index is -0.314. The smallest absolute Gasteiger partial charge is 0.338 e. The van der Waals surface area contributed by atoms with Gasteiger partial charge in [-0.2, -0.15) is 0 Å². The fourth-order valence-electron chi connectivity index (χ4n) is 4.83. The molecule has 1 aromatic rings. The van der Waals surface area contributed by atoms with Gasteiger partial charge in [-0.15, -0.1) is 11.8 Å². The quantitative estimate of drug-likeness (QED) is 0.0926. The van der Waals surface area contributed by atoms with Crippen molar-refractivity contribution in [2.75, 3.05) is 32.3 Å². The number of allylic oxidation sites excluding steroid dienone is 1. The van der Waals surface area contributed by atoms with Crippen molar-refractivity contribution in [2.24, 2.45) is 0 Å². The summed E-state index contributed by atoms with van der Waals surface area (Å²) in [5.74, 6) is 0.668. The molecular formula is C33H55NO4S. The summed E-state index contributed by atoms with van der Waals surface area (Å²) in [7, 11) is 0. The van der Waals surface area contributed by atoms with E-state index in [9.17, 15) is 4.79 Å². The maximum absolute atomic E-state index is 12.5. The van der Waals surface area contributed by atoms with Gasteiger partial charge in [0, 0.05) is 26.0 Å². The van der Waals surface area contributed by atoms with E-state index in [2.05, 4.69) is 24.9 Å². The van der Waals surface area contributed by atoms with Gasteiger partial charge in [0.1, 0.15) is 12.7 Å². The first-order valence-corrected chi connectivity index (χ1v) is 16.6. The zero-order valence-corrected chi connectivity index (χ0v) is 25.9. The van der Waals surface area contributed by atoms with E-state index in [-0.39, 0.29) is 18.7 Å². The number of esters is 1. The standard InChI is InChI=1S/C33H55NO4S/c1-4-6-7-8-9-10-11-12-13-14-15-16-17-18-23-36-26-32(37-5-2)27-38-33(35)31-21-19-30(20-22-31)25-34-24-29(3)39-28-34/h19-22,24,32H,4-18,23,25-28H2,1-3H3. The van der Waals surface area contributed by atoms with Gasteiger partial charge in [-0.1, -0.05) is 103 Å². The van der Waals surface area contributed by atoms with Crippen molar-refractivity contribution < 1.29 is 19.0 Å². The second-order valence-electron chi connectivity index (χ2n) is 10.8. The molecule has 39 heavy (non-hydrogen) atoms. The highest BCUT2D eigenvalue weighted by atomic mass is 32.2. The van der Waals surface area contributed by atoms with Crippen LogP contribution in [0.1, 0.15) is 127 Å². The van der Waals surface area contributed by atoms with Crippen molar-refractivity contribution in [3.63, 3.8) is 0 Å². The Morgan fingerprint density at radius 1 is 0.846 bits per heavy atom. The monoisotopic (exact) mass is 561 g/mol. The molecule has 0 aliphatic carbocycles. The van der Waals surface area contributed by atoms with E-state index in [1.807, 2.05) is 43.0 Å². The Morgan fingerprint density at radius 3 is 1.97 bits per heavy atom. The largest absolute Gasteiger partial charge is 0.459 e. The van der Waals surface area contributed by atoms with Crippen LogP contribution in [0.25, 0.3) is 0 Å². The van der Waals surface area contributed by atoms with Crippen molar-refractivity contribution in [1.29, 1.82) is 0 Å². The number of carbonyl (C=O) groups is 1. The lowest BCUT2D eigenvalue weighted by atomic mass is 10.0. The fraction of sp³-hybridized carbons (Fsp3) is 0.727. The molecule has 0 saturated heterocycles. The van der Waals surface area contributed by atoms with Crippen LogP contribution in [0.4, 0.5) is 0 Å². The van der Waals surface area contributed by atoms with Crippen LogP contribution < -0.4 is 0 Å². The molecule has 0 amide bonds. The molecule has 1 heterocycles. The second-order valence-corrected chi connectivity index (χ2v) is 12.0. The number of benzene rings is 1. The summed E-state index contributed by atoms with van der Waals surface area (Å²) < 4.78 is 17.1. The Balaban J connectivity index is 1.47. The zero-order valence-electron chi connectivity index (χ0n) is 25.1. The highest BCUT2D eigenvalue weighted by Gasteiger charge is 2.15. The van der Waals surface area contributed by atoms with Gasteiger partial charge >= 0.3 is 5.97 Å². The van der Waals surface area contributed by atoms with Crippen molar-refractivity contribution in [3.8, 4) is 0 Å². The molecule has 5 nitrogen and oxygen atoms in total. The van der Waals surface area contributed by atoms with Crippen molar-refractivity contribution in [2.45, 2.75) is 123 Å². The van der Waals surface area contributed by atoms with Gasteiger partial charge in [0.2, 0.25) is 0 Å². The Hall–Kier alpha value is -1.50. The molecule has 0 aromatic heterocycles.